The molecule has 4 amide bonds. The van der Waals surface area contributed by atoms with Gasteiger partial charge in [-0.3, -0.25) is 24.1 Å². The van der Waals surface area contributed by atoms with E-state index >= 15 is 0 Å². The van der Waals surface area contributed by atoms with Gasteiger partial charge >= 0.3 is 0 Å². The van der Waals surface area contributed by atoms with Gasteiger partial charge in [0.2, 0.25) is 23.6 Å². The molecule has 4 atom stereocenters. The summed E-state index contributed by atoms with van der Waals surface area (Å²) in [4.78, 5) is 61.9. The molecule has 9 nitrogen and oxygen atoms in total. The van der Waals surface area contributed by atoms with Crippen molar-refractivity contribution in [2.45, 2.75) is 137 Å². The van der Waals surface area contributed by atoms with Crippen LogP contribution in [0.1, 0.15) is 107 Å². The van der Waals surface area contributed by atoms with Crippen molar-refractivity contribution in [3.8, 4) is 0 Å². The Hall–Kier alpha value is -2.42. The number of unbranched alkanes of at least 4 members (excludes halogenated alkanes) is 1. The SMILES string of the molecule is CCCCN(C)C(=O)[C@@H]1CCCN1C(=O)C(C)=C[C@H](C(C)C)N(C)C(=O)[C@@H](NC(=O)C1CCCCN1C(C)C)C(C)(C)C. The Bertz CT molecular complexity index is 1000. The highest BCUT2D eigenvalue weighted by Gasteiger charge is 2.40. The number of carbonyl (C=O) groups excluding carboxylic acids is 4. The van der Waals surface area contributed by atoms with Crippen molar-refractivity contribution in [2.75, 3.05) is 33.7 Å². The van der Waals surface area contributed by atoms with Gasteiger partial charge in [0.25, 0.3) is 0 Å². The highest BCUT2D eigenvalue weighted by atomic mass is 16.2. The van der Waals surface area contributed by atoms with Gasteiger partial charge in [-0.2, -0.15) is 0 Å². The van der Waals surface area contributed by atoms with Crippen molar-refractivity contribution in [3.05, 3.63) is 11.6 Å². The molecular formula is C34H61N5O4. The van der Waals surface area contributed by atoms with E-state index < -0.39 is 17.5 Å². The summed E-state index contributed by atoms with van der Waals surface area (Å²) in [5.74, 6) is -0.393. The molecule has 2 rings (SSSR count). The Morgan fingerprint density at radius 3 is 2.14 bits per heavy atom. The van der Waals surface area contributed by atoms with Crippen molar-refractivity contribution in [1.29, 1.82) is 0 Å². The Balaban J connectivity index is 2.26. The predicted molar refractivity (Wildman–Crippen MR) is 173 cm³/mol. The van der Waals surface area contributed by atoms with Gasteiger partial charge in [-0.15, -0.1) is 0 Å². The zero-order valence-corrected chi connectivity index (χ0v) is 29.0. The number of carbonyl (C=O) groups is 4. The molecule has 0 aromatic carbocycles. The summed E-state index contributed by atoms with van der Waals surface area (Å²) < 4.78 is 0. The molecule has 0 saturated carbocycles. The Labute approximate surface area is 261 Å². The molecule has 2 aliphatic rings. The van der Waals surface area contributed by atoms with E-state index in [1.165, 1.54) is 0 Å². The third-order valence-corrected chi connectivity index (χ3v) is 9.17. The minimum absolute atomic E-state index is 0.00226. The molecule has 0 aliphatic carbocycles. The Morgan fingerprint density at radius 2 is 1.58 bits per heavy atom. The molecule has 246 valence electrons. The van der Waals surface area contributed by atoms with Gasteiger partial charge in [-0.05, 0) is 70.8 Å². The summed E-state index contributed by atoms with van der Waals surface area (Å²) in [6.07, 6.45) is 8.15. The Kier molecular flexibility index (Phi) is 13.7. The molecule has 0 aromatic rings. The van der Waals surface area contributed by atoms with Crippen molar-refractivity contribution in [1.82, 2.24) is 24.9 Å². The van der Waals surface area contributed by atoms with Gasteiger partial charge in [0.15, 0.2) is 0 Å². The lowest BCUT2D eigenvalue weighted by atomic mass is 9.84. The smallest absolute Gasteiger partial charge is 0.249 e. The summed E-state index contributed by atoms with van der Waals surface area (Å²) >= 11 is 0. The fourth-order valence-electron chi connectivity index (χ4n) is 6.42. The first-order chi connectivity index (χ1) is 20.0. The monoisotopic (exact) mass is 603 g/mol. The second kappa shape index (κ2) is 16.1. The maximum absolute atomic E-state index is 14.1. The van der Waals surface area contributed by atoms with Gasteiger partial charge in [0.05, 0.1) is 12.1 Å². The zero-order valence-electron chi connectivity index (χ0n) is 29.0. The van der Waals surface area contributed by atoms with Crippen LogP contribution < -0.4 is 5.32 Å². The summed E-state index contributed by atoms with van der Waals surface area (Å²) in [6, 6.07) is -1.51. The quantitative estimate of drug-likeness (QED) is 0.333. The lowest BCUT2D eigenvalue weighted by Crippen LogP contribution is -2.60. The topological polar surface area (TPSA) is 93.3 Å². The first-order valence-corrected chi connectivity index (χ1v) is 16.6. The highest BCUT2D eigenvalue weighted by molar-refractivity contribution is 5.97. The number of piperidine rings is 1. The second-order valence-electron chi connectivity index (χ2n) is 14.5. The number of nitrogens with zero attached hydrogens (tertiary/aromatic N) is 4. The molecule has 0 radical (unpaired) electrons. The Morgan fingerprint density at radius 1 is 0.953 bits per heavy atom. The number of likely N-dealkylation sites (tertiary alicyclic amines) is 2. The van der Waals surface area contributed by atoms with Crippen LogP contribution in [0.25, 0.3) is 0 Å². The second-order valence-corrected chi connectivity index (χ2v) is 14.5. The van der Waals surface area contributed by atoms with Crippen LogP contribution in [0, 0.1) is 11.3 Å². The van der Waals surface area contributed by atoms with Gasteiger partial charge in [-0.25, -0.2) is 0 Å². The number of rotatable bonds is 12. The first kappa shape index (κ1) is 36.8. The summed E-state index contributed by atoms with van der Waals surface area (Å²) in [5, 5.41) is 3.14. The molecule has 0 spiro atoms. The van der Waals surface area contributed by atoms with E-state index in [0.717, 1.165) is 45.1 Å². The van der Waals surface area contributed by atoms with Gasteiger partial charge < -0.3 is 20.0 Å². The van der Waals surface area contributed by atoms with Crippen LogP contribution in [0.3, 0.4) is 0 Å². The number of amides is 4. The minimum atomic E-state index is -0.717. The zero-order chi connectivity index (χ0) is 32.6. The summed E-state index contributed by atoms with van der Waals surface area (Å²) in [5.41, 5.74) is 0.0156. The van der Waals surface area contributed by atoms with E-state index in [1.54, 1.807) is 28.7 Å². The van der Waals surface area contributed by atoms with Crippen molar-refractivity contribution >= 4 is 23.6 Å². The highest BCUT2D eigenvalue weighted by Crippen LogP contribution is 2.27. The molecule has 43 heavy (non-hydrogen) atoms. The number of nitrogens with one attached hydrogen (secondary N) is 1. The predicted octanol–water partition coefficient (Wildman–Crippen LogP) is 4.46. The summed E-state index contributed by atoms with van der Waals surface area (Å²) in [6.45, 7) is 20.2. The molecule has 1 N–H and O–H groups in total. The van der Waals surface area contributed by atoms with Crippen LogP contribution in [0.2, 0.25) is 0 Å². The van der Waals surface area contributed by atoms with Crippen LogP contribution in [-0.4, -0.2) is 107 Å². The number of hydrogen-bond acceptors (Lipinski definition) is 5. The lowest BCUT2D eigenvalue weighted by Gasteiger charge is -2.41. The van der Waals surface area contributed by atoms with Gasteiger partial charge in [0, 0.05) is 38.8 Å². The van der Waals surface area contributed by atoms with E-state index in [9.17, 15) is 19.2 Å². The molecule has 2 fully saturated rings. The fraction of sp³-hybridized carbons (Fsp3) is 0.824. The van der Waals surface area contributed by atoms with E-state index in [0.29, 0.717) is 25.1 Å². The molecule has 0 bridgehead atoms. The molecule has 1 unspecified atom stereocenters. The summed E-state index contributed by atoms with van der Waals surface area (Å²) in [7, 11) is 3.58. The lowest BCUT2D eigenvalue weighted by molar-refractivity contribution is -0.142. The van der Waals surface area contributed by atoms with Crippen molar-refractivity contribution in [2.24, 2.45) is 11.3 Å². The third kappa shape index (κ3) is 9.53. The number of likely N-dealkylation sites (N-methyl/N-ethyl adjacent to an activating group) is 2. The normalized spacial score (nSPS) is 21.6. The van der Waals surface area contributed by atoms with Crippen molar-refractivity contribution < 1.29 is 19.2 Å². The molecule has 9 heteroatoms. The van der Waals surface area contributed by atoms with Crippen LogP contribution >= 0.6 is 0 Å². The minimum Gasteiger partial charge on any atom is -0.344 e. The average molecular weight is 604 g/mol. The van der Waals surface area contributed by atoms with Crippen molar-refractivity contribution in [3.63, 3.8) is 0 Å². The first-order valence-electron chi connectivity index (χ1n) is 16.6. The van der Waals surface area contributed by atoms with E-state index in [4.69, 9.17) is 0 Å². The van der Waals surface area contributed by atoms with Crippen LogP contribution in [0.4, 0.5) is 0 Å². The van der Waals surface area contributed by atoms with Gasteiger partial charge in [-0.1, -0.05) is 60.5 Å². The largest absolute Gasteiger partial charge is 0.344 e. The molecule has 2 saturated heterocycles. The van der Waals surface area contributed by atoms with Crippen LogP contribution in [-0.2, 0) is 19.2 Å². The fourth-order valence-corrected chi connectivity index (χ4v) is 6.42. The third-order valence-electron chi connectivity index (χ3n) is 9.17. The van der Waals surface area contributed by atoms with Gasteiger partial charge in [0.1, 0.15) is 12.1 Å². The number of hydrogen-bond donors (Lipinski definition) is 1. The molecule has 2 aliphatic heterocycles. The average Bonchev–Trinajstić information content (AvgIpc) is 3.44. The van der Waals surface area contributed by atoms with E-state index in [1.807, 2.05) is 47.7 Å². The maximum atomic E-state index is 14.1. The molecular weight excluding hydrogens is 542 g/mol. The maximum Gasteiger partial charge on any atom is 0.249 e. The van der Waals surface area contributed by atoms with Crippen LogP contribution in [0.15, 0.2) is 11.6 Å². The molecule has 0 aromatic heterocycles. The standard InChI is InChI=1S/C34H61N5O4/c1-12-13-19-36(10)32(42)27-18-16-21-39(27)31(41)25(6)22-28(23(2)3)37(11)33(43)29(34(7,8)9)35-30(40)26-17-14-15-20-38(26)24(4)5/h22-24,26-29H,12-21H2,1-11H3,(H,35,40)/t26?,27-,28+,29+/m0/s1. The van der Waals surface area contributed by atoms with E-state index in [-0.39, 0.29) is 47.7 Å². The van der Waals surface area contributed by atoms with Crippen LogP contribution in [0.5, 0.6) is 0 Å². The van der Waals surface area contributed by atoms with E-state index in [2.05, 4.69) is 31.0 Å². The molecule has 2 heterocycles.